The van der Waals surface area contributed by atoms with Gasteiger partial charge in [-0.2, -0.15) is 5.26 Å². The Bertz CT molecular complexity index is 824. The lowest BCUT2D eigenvalue weighted by Crippen LogP contribution is -2.30. The molecule has 26 heavy (non-hydrogen) atoms. The average molecular weight is 364 g/mol. The number of aromatic nitrogens is 1. The van der Waals surface area contributed by atoms with Crippen molar-refractivity contribution in [1.82, 2.24) is 10.5 Å². The highest BCUT2D eigenvalue weighted by Crippen LogP contribution is 2.26. The molecule has 2 aromatic rings. The summed E-state index contributed by atoms with van der Waals surface area (Å²) in [5.41, 5.74) is 1.58. The van der Waals surface area contributed by atoms with Crippen molar-refractivity contribution in [1.29, 1.82) is 5.26 Å². The summed E-state index contributed by atoms with van der Waals surface area (Å²) in [6.07, 6.45) is 0.0150. The van der Waals surface area contributed by atoms with Crippen LogP contribution in [0.15, 0.2) is 30.5 Å². The second-order valence-electron chi connectivity index (χ2n) is 5.03. The largest absolute Gasteiger partial charge is 0.394 e. The molecule has 1 heterocycles. The minimum Gasteiger partial charge on any atom is -0.394 e. The van der Waals surface area contributed by atoms with Gasteiger partial charge in [-0.25, -0.2) is 19.2 Å². The van der Waals surface area contributed by atoms with Crippen molar-refractivity contribution < 1.29 is 28.6 Å². The maximum atomic E-state index is 14.2. The fourth-order valence-electron chi connectivity index (χ4n) is 1.85. The fourth-order valence-corrected chi connectivity index (χ4v) is 1.85. The molecule has 0 radical (unpaired) electrons. The number of aliphatic hydroxyl groups is 2. The lowest BCUT2D eigenvalue weighted by molar-refractivity contribution is -0.0295. The van der Waals surface area contributed by atoms with Crippen LogP contribution in [0.5, 0.6) is 0 Å². The van der Waals surface area contributed by atoms with Crippen molar-refractivity contribution in [2.75, 3.05) is 18.5 Å². The van der Waals surface area contributed by atoms with E-state index in [1.165, 1.54) is 18.3 Å². The van der Waals surface area contributed by atoms with Crippen molar-refractivity contribution >= 4 is 17.3 Å². The molecule has 0 saturated carbocycles. The Morgan fingerprint density at radius 2 is 2.12 bits per heavy atom. The molecule has 0 fully saturated rings. The molecule has 10 heteroatoms. The molecule has 1 amide bonds. The Kier molecular flexibility index (Phi) is 6.51. The van der Waals surface area contributed by atoms with Crippen LogP contribution in [0.1, 0.15) is 16.1 Å². The minimum atomic E-state index is -1.29. The second-order valence-corrected chi connectivity index (χ2v) is 5.03. The van der Waals surface area contributed by atoms with Gasteiger partial charge in [-0.3, -0.25) is 9.63 Å². The summed E-state index contributed by atoms with van der Waals surface area (Å²) in [7, 11) is 0. The first-order chi connectivity index (χ1) is 12.5. The zero-order valence-electron chi connectivity index (χ0n) is 13.2. The van der Waals surface area contributed by atoms with Gasteiger partial charge in [0.25, 0.3) is 5.91 Å². The van der Waals surface area contributed by atoms with E-state index in [2.05, 4.69) is 10.3 Å². The smallest absolute Gasteiger partial charge is 0.277 e. The molecule has 0 aliphatic heterocycles. The molecule has 1 aromatic carbocycles. The third-order valence-corrected chi connectivity index (χ3v) is 3.14. The highest BCUT2D eigenvalue weighted by molar-refractivity contribution is 5.99. The summed E-state index contributed by atoms with van der Waals surface area (Å²) in [5, 5.41) is 29.0. The van der Waals surface area contributed by atoms with Gasteiger partial charge in [-0.15, -0.1) is 0 Å². The Hall–Kier alpha value is -3.13. The second kappa shape index (κ2) is 8.82. The number of benzene rings is 1. The maximum Gasteiger partial charge on any atom is 0.277 e. The molecule has 2 rings (SSSR count). The van der Waals surface area contributed by atoms with Gasteiger partial charge >= 0.3 is 0 Å². The summed E-state index contributed by atoms with van der Waals surface area (Å²) in [5.74, 6) is -3.38. The molecular formula is C16H14F2N4O4. The quantitative estimate of drug-likeness (QED) is 0.540. The van der Waals surface area contributed by atoms with Crippen molar-refractivity contribution in [2.24, 2.45) is 0 Å². The van der Waals surface area contributed by atoms with Crippen molar-refractivity contribution in [3.63, 3.8) is 0 Å². The number of anilines is 2. The Balaban J connectivity index is 2.22. The fraction of sp³-hybridized carbons (Fsp3) is 0.188. The summed E-state index contributed by atoms with van der Waals surface area (Å²) in [6, 6.07) is 6.40. The van der Waals surface area contributed by atoms with Gasteiger partial charge in [0, 0.05) is 0 Å². The van der Waals surface area contributed by atoms with E-state index in [0.717, 1.165) is 12.1 Å². The monoisotopic (exact) mass is 364 g/mol. The number of amides is 1. The predicted octanol–water partition coefficient (Wildman–Crippen LogP) is 0.990. The zero-order valence-corrected chi connectivity index (χ0v) is 13.2. The third-order valence-electron chi connectivity index (χ3n) is 3.14. The van der Waals surface area contributed by atoms with E-state index in [9.17, 15) is 13.6 Å². The van der Waals surface area contributed by atoms with Gasteiger partial charge in [0.1, 0.15) is 24.5 Å². The Morgan fingerprint density at radius 1 is 1.35 bits per heavy atom. The molecule has 4 N–H and O–H groups in total. The zero-order chi connectivity index (χ0) is 19.1. The van der Waals surface area contributed by atoms with E-state index in [1.807, 2.05) is 11.5 Å². The Labute approximate surface area is 146 Å². The van der Waals surface area contributed by atoms with Crippen LogP contribution in [0.25, 0.3) is 0 Å². The number of hydroxylamine groups is 1. The molecule has 1 unspecified atom stereocenters. The Morgan fingerprint density at radius 3 is 2.73 bits per heavy atom. The lowest BCUT2D eigenvalue weighted by Gasteiger charge is -2.14. The minimum absolute atomic E-state index is 0.129. The molecule has 0 aliphatic carbocycles. The molecule has 8 nitrogen and oxygen atoms in total. The number of rotatable bonds is 7. The normalized spacial score (nSPS) is 11.5. The standard InChI is InChI=1S/C16H14F2N4O4/c17-13-4-3-12(16(25)22-26-8-11(24)7-23)15(14(13)18)21-10-2-1-9(5-19)20-6-10/h1-4,6,11,21,23-24H,7-8H2,(H,22,25). The number of nitrogens with one attached hydrogen (secondary N) is 2. The number of aliphatic hydroxyl groups excluding tert-OH is 2. The van der Waals surface area contributed by atoms with Gasteiger partial charge < -0.3 is 15.5 Å². The SMILES string of the molecule is N#Cc1ccc(Nc2c(C(=O)NOCC(O)CO)ccc(F)c2F)cn1. The first-order valence-electron chi connectivity index (χ1n) is 7.28. The van der Waals surface area contributed by atoms with Crippen LogP contribution >= 0.6 is 0 Å². The van der Waals surface area contributed by atoms with Gasteiger partial charge in [0.05, 0.1) is 29.7 Å². The number of pyridine rings is 1. The molecular weight excluding hydrogens is 350 g/mol. The molecule has 0 saturated heterocycles. The summed E-state index contributed by atoms with van der Waals surface area (Å²) < 4.78 is 27.7. The number of hydrogen-bond donors (Lipinski definition) is 4. The van der Waals surface area contributed by atoms with Crippen molar-refractivity contribution in [2.45, 2.75) is 6.10 Å². The summed E-state index contributed by atoms with van der Waals surface area (Å²) in [6.45, 7) is -0.965. The highest BCUT2D eigenvalue weighted by atomic mass is 19.2. The number of carbonyl (C=O) groups excluding carboxylic acids is 1. The van der Waals surface area contributed by atoms with Crippen LogP contribution in [-0.4, -0.2) is 40.4 Å². The molecule has 1 aromatic heterocycles. The van der Waals surface area contributed by atoms with Crippen LogP contribution in [0.3, 0.4) is 0 Å². The first kappa shape index (κ1) is 19.2. The molecule has 136 valence electrons. The van der Waals surface area contributed by atoms with E-state index in [1.54, 1.807) is 0 Å². The van der Waals surface area contributed by atoms with E-state index in [4.69, 9.17) is 20.3 Å². The van der Waals surface area contributed by atoms with Gasteiger partial charge in [0.2, 0.25) is 0 Å². The number of carbonyl (C=O) groups is 1. The molecule has 0 spiro atoms. The summed E-state index contributed by atoms with van der Waals surface area (Å²) in [4.78, 5) is 20.6. The van der Waals surface area contributed by atoms with Crippen molar-refractivity contribution in [3.8, 4) is 6.07 Å². The third kappa shape index (κ3) is 4.70. The van der Waals surface area contributed by atoms with E-state index >= 15 is 0 Å². The number of nitriles is 1. The van der Waals surface area contributed by atoms with Crippen LogP contribution in [0.2, 0.25) is 0 Å². The van der Waals surface area contributed by atoms with Crippen LogP contribution < -0.4 is 10.8 Å². The highest BCUT2D eigenvalue weighted by Gasteiger charge is 2.19. The first-order valence-corrected chi connectivity index (χ1v) is 7.28. The average Bonchev–Trinajstić information content (AvgIpc) is 2.65. The van der Waals surface area contributed by atoms with Crippen LogP contribution in [-0.2, 0) is 4.84 Å². The molecule has 0 bridgehead atoms. The number of hydrogen-bond acceptors (Lipinski definition) is 7. The summed E-state index contributed by atoms with van der Waals surface area (Å²) >= 11 is 0. The van der Waals surface area contributed by atoms with Crippen LogP contribution in [0.4, 0.5) is 20.2 Å². The lowest BCUT2D eigenvalue weighted by atomic mass is 10.1. The molecule has 0 aliphatic rings. The number of nitrogens with zero attached hydrogens (tertiary/aromatic N) is 2. The van der Waals surface area contributed by atoms with E-state index in [0.29, 0.717) is 0 Å². The predicted molar refractivity (Wildman–Crippen MR) is 85.1 cm³/mol. The van der Waals surface area contributed by atoms with E-state index in [-0.39, 0.29) is 16.9 Å². The number of halogens is 2. The van der Waals surface area contributed by atoms with Gasteiger partial charge in [-0.05, 0) is 24.3 Å². The topological polar surface area (TPSA) is 128 Å². The maximum absolute atomic E-state index is 14.2. The van der Waals surface area contributed by atoms with Crippen LogP contribution in [0, 0.1) is 23.0 Å². The van der Waals surface area contributed by atoms with Crippen molar-refractivity contribution in [3.05, 3.63) is 53.4 Å². The van der Waals surface area contributed by atoms with E-state index < -0.39 is 42.5 Å². The van der Waals surface area contributed by atoms with Gasteiger partial charge in [-0.1, -0.05) is 0 Å². The molecule has 1 atom stereocenters. The van der Waals surface area contributed by atoms with Gasteiger partial charge in [0.15, 0.2) is 11.6 Å².